The second kappa shape index (κ2) is 6.85. The Kier molecular flexibility index (Phi) is 4.65. The third-order valence-corrected chi connectivity index (χ3v) is 4.88. The zero-order valence-corrected chi connectivity index (χ0v) is 13.8. The molecule has 0 saturated carbocycles. The van der Waals surface area contributed by atoms with Crippen LogP contribution in [0.4, 0.5) is 0 Å². The lowest BCUT2D eigenvalue weighted by Crippen LogP contribution is -2.22. The van der Waals surface area contributed by atoms with E-state index in [0.717, 1.165) is 22.7 Å². The summed E-state index contributed by atoms with van der Waals surface area (Å²) >= 11 is 3.36. The van der Waals surface area contributed by atoms with Crippen LogP contribution in [0.25, 0.3) is 21.8 Å². The smallest absolute Gasteiger partial charge is 0.216 e. The third-order valence-electron chi connectivity index (χ3n) is 3.31. The van der Waals surface area contributed by atoms with Crippen LogP contribution in [-0.2, 0) is 11.2 Å². The van der Waals surface area contributed by atoms with Gasteiger partial charge >= 0.3 is 0 Å². The van der Waals surface area contributed by atoms with Gasteiger partial charge in [0.25, 0.3) is 0 Å². The molecule has 3 rings (SSSR count). The number of benzene rings is 1. The number of hydrogen-bond donors (Lipinski definition) is 1. The van der Waals surface area contributed by atoms with E-state index in [9.17, 15) is 4.79 Å². The summed E-state index contributed by atoms with van der Waals surface area (Å²) < 4.78 is 0. The van der Waals surface area contributed by atoms with Crippen molar-refractivity contribution in [3.05, 3.63) is 52.0 Å². The van der Waals surface area contributed by atoms with Crippen molar-refractivity contribution in [2.24, 2.45) is 0 Å². The van der Waals surface area contributed by atoms with Gasteiger partial charge in [-0.05, 0) is 23.4 Å². The number of carbonyl (C=O) groups is 1. The summed E-state index contributed by atoms with van der Waals surface area (Å²) in [4.78, 5) is 15.6. The number of nitrogens with zero attached hydrogens (tertiary/aromatic N) is 1. The lowest BCUT2D eigenvalue weighted by atomic mass is 10.1. The van der Waals surface area contributed by atoms with Crippen molar-refractivity contribution >= 4 is 28.6 Å². The van der Waals surface area contributed by atoms with E-state index in [1.54, 1.807) is 22.7 Å². The van der Waals surface area contributed by atoms with E-state index in [1.165, 1.54) is 18.1 Å². The molecule has 1 aromatic carbocycles. The first-order chi connectivity index (χ1) is 10.7. The molecule has 3 aromatic rings. The Morgan fingerprint density at radius 2 is 1.95 bits per heavy atom. The van der Waals surface area contributed by atoms with Crippen LogP contribution >= 0.6 is 22.7 Å². The summed E-state index contributed by atoms with van der Waals surface area (Å²) in [5.74, 6) is 0.0139. The fourth-order valence-corrected chi connectivity index (χ4v) is 3.69. The summed E-state index contributed by atoms with van der Waals surface area (Å²) in [5, 5.41) is 10.2. The minimum absolute atomic E-state index is 0.0139. The van der Waals surface area contributed by atoms with Crippen LogP contribution in [0.3, 0.4) is 0 Å². The van der Waals surface area contributed by atoms with Crippen molar-refractivity contribution in [2.45, 2.75) is 13.3 Å². The number of carbonyl (C=O) groups excluding carboxylic acids is 1. The Morgan fingerprint density at radius 3 is 2.64 bits per heavy atom. The van der Waals surface area contributed by atoms with Crippen LogP contribution in [0.1, 0.15) is 12.5 Å². The molecule has 2 heterocycles. The Balaban J connectivity index is 1.69. The van der Waals surface area contributed by atoms with Gasteiger partial charge in [-0.2, -0.15) is 11.3 Å². The summed E-state index contributed by atoms with van der Waals surface area (Å²) in [6.07, 6.45) is 0.844. The predicted octanol–water partition coefficient (Wildman–Crippen LogP) is 4.22. The molecular formula is C17H16N2OS2. The number of rotatable bonds is 5. The average Bonchev–Trinajstić information content (AvgIpc) is 3.19. The Morgan fingerprint density at radius 1 is 1.14 bits per heavy atom. The average molecular weight is 328 g/mol. The highest BCUT2D eigenvalue weighted by atomic mass is 32.1. The quantitative estimate of drug-likeness (QED) is 0.762. The summed E-state index contributed by atoms with van der Waals surface area (Å²) in [6, 6.07) is 10.5. The Hall–Kier alpha value is -1.98. The molecular weight excluding hydrogens is 312 g/mol. The lowest BCUT2D eigenvalue weighted by molar-refractivity contribution is -0.118. The van der Waals surface area contributed by atoms with Crippen molar-refractivity contribution in [1.82, 2.24) is 10.3 Å². The summed E-state index contributed by atoms with van der Waals surface area (Å²) in [6.45, 7) is 2.21. The fraction of sp³-hybridized carbons (Fsp3) is 0.176. The van der Waals surface area contributed by atoms with E-state index in [1.807, 2.05) is 0 Å². The topological polar surface area (TPSA) is 42.0 Å². The molecule has 5 heteroatoms. The number of aromatic nitrogens is 1. The Bertz CT molecular complexity index is 745. The number of thiophene rings is 1. The van der Waals surface area contributed by atoms with Crippen molar-refractivity contribution < 1.29 is 4.79 Å². The van der Waals surface area contributed by atoms with E-state index in [0.29, 0.717) is 6.54 Å². The highest BCUT2D eigenvalue weighted by Gasteiger charge is 2.07. The predicted molar refractivity (Wildman–Crippen MR) is 93.3 cm³/mol. The van der Waals surface area contributed by atoms with E-state index < -0.39 is 0 Å². The van der Waals surface area contributed by atoms with Crippen LogP contribution in [0, 0.1) is 0 Å². The molecule has 3 nitrogen and oxygen atoms in total. The van der Waals surface area contributed by atoms with Gasteiger partial charge in [0.15, 0.2) is 0 Å². The standard InChI is InChI=1S/C17H16N2OS2/c1-12(20)18-8-6-13-2-4-14(5-3-13)16-11-22-17(19-16)15-7-9-21-10-15/h2-5,7,9-11H,6,8H2,1H3,(H,18,20). The number of nitrogens with one attached hydrogen (secondary N) is 1. The largest absolute Gasteiger partial charge is 0.356 e. The molecule has 0 saturated heterocycles. The fourth-order valence-electron chi connectivity index (χ4n) is 2.15. The molecule has 1 amide bonds. The lowest BCUT2D eigenvalue weighted by Gasteiger charge is -2.03. The van der Waals surface area contributed by atoms with Crippen molar-refractivity contribution in [2.75, 3.05) is 6.54 Å². The van der Waals surface area contributed by atoms with Gasteiger partial charge in [-0.25, -0.2) is 4.98 Å². The third kappa shape index (κ3) is 3.61. The zero-order valence-electron chi connectivity index (χ0n) is 12.2. The van der Waals surface area contributed by atoms with Gasteiger partial charge in [-0.1, -0.05) is 24.3 Å². The maximum absolute atomic E-state index is 10.9. The van der Waals surface area contributed by atoms with Gasteiger partial charge in [0.05, 0.1) is 5.69 Å². The number of amides is 1. The van der Waals surface area contributed by atoms with E-state index in [4.69, 9.17) is 4.98 Å². The molecule has 112 valence electrons. The monoisotopic (exact) mass is 328 g/mol. The van der Waals surface area contributed by atoms with Gasteiger partial charge < -0.3 is 5.32 Å². The maximum atomic E-state index is 10.9. The Labute approximate surface area is 137 Å². The van der Waals surface area contributed by atoms with Gasteiger partial charge in [-0.15, -0.1) is 11.3 Å². The first-order valence-electron chi connectivity index (χ1n) is 7.04. The molecule has 22 heavy (non-hydrogen) atoms. The van der Waals surface area contributed by atoms with Crippen LogP contribution < -0.4 is 5.32 Å². The van der Waals surface area contributed by atoms with Crippen LogP contribution in [0.5, 0.6) is 0 Å². The molecule has 2 aromatic heterocycles. The van der Waals surface area contributed by atoms with E-state index in [-0.39, 0.29) is 5.91 Å². The van der Waals surface area contributed by atoms with Gasteiger partial charge in [-0.3, -0.25) is 4.79 Å². The molecule has 0 atom stereocenters. The number of hydrogen-bond acceptors (Lipinski definition) is 4. The molecule has 0 aliphatic carbocycles. The van der Waals surface area contributed by atoms with Gasteiger partial charge in [0, 0.05) is 35.4 Å². The first kappa shape index (κ1) is 14.9. The molecule has 0 aliphatic heterocycles. The highest BCUT2D eigenvalue weighted by molar-refractivity contribution is 7.14. The van der Waals surface area contributed by atoms with Crippen LogP contribution in [0.2, 0.25) is 0 Å². The molecule has 0 spiro atoms. The first-order valence-corrected chi connectivity index (χ1v) is 8.86. The molecule has 0 fully saturated rings. The summed E-state index contributed by atoms with van der Waals surface area (Å²) in [5.41, 5.74) is 4.54. The summed E-state index contributed by atoms with van der Waals surface area (Å²) in [7, 11) is 0. The molecule has 0 aliphatic rings. The van der Waals surface area contributed by atoms with Gasteiger partial charge in [0.1, 0.15) is 5.01 Å². The van der Waals surface area contributed by atoms with Gasteiger partial charge in [0.2, 0.25) is 5.91 Å². The molecule has 1 N–H and O–H groups in total. The van der Waals surface area contributed by atoms with E-state index in [2.05, 4.69) is 51.8 Å². The van der Waals surface area contributed by atoms with Crippen LogP contribution in [-0.4, -0.2) is 17.4 Å². The van der Waals surface area contributed by atoms with Crippen molar-refractivity contribution in [3.8, 4) is 21.8 Å². The molecule has 0 bridgehead atoms. The van der Waals surface area contributed by atoms with Crippen molar-refractivity contribution in [3.63, 3.8) is 0 Å². The molecule has 0 unspecified atom stereocenters. The van der Waals surface area contributed by atoms with E-state index >= 15 is 0 Å². The zero-order chi connectivity index (χ0) is 15.4. The molecule has 0 radical (unpaired) electrons. The minimum atomic E-state index is 0.0139. The second-order valence-corrected chi connectivity index (χ2v) is 6.62. The minimum Gasteiger partial charge on any atom is -0.356 e. The second-order valence-electron chi connectivity index (χ2n) is 4.98. The SMILES string of the molecule is CC(=O)NCCc1ccc(-c2csc(-c3ccsc3)n2)cc1. The normalized spacial score (nSPS) is 10.6. The van der Waals surface area contributed by atoms with Crippen LogP contribution in [0.15, 0.2) is 46.5 Å². The number of thiazole rings is 1. The maximum Gasteiger partial charge on any atom is 0.216 e. The highest BCUT2D eigenvalue weighted by Crippen LogP contribution is 2.30. The van der Waals surface area contributed by atoms with Crippen molar-refractivity contribution in [1.29, 1.82) is 0 Å².